The maximum atomic E-state index is 13.6. The highest BCUT2D eigenvalue weighted by Gasteiger charge is 2.34. The number of rotatable bonds is 8. The van der Waals surface area contributed by atoms with Crippen LogP contribution in [0.25, 0.3) is 0 Å². The van der Waals surface area contributed by atoms with Gasteiger partial charge in [0.1, 0.15) is 5.75 Å². The van der Waals surface area contributed by atoms with E-state index < -0.39 is 15.9 Å². The molecule has 1 N–H and O–H groups in total. The molecular formula is C30H33N3O5S. The van der Waals surface area contributed by atoms with Crippen molar-refractivity contribution in [3.8, 4) is 5.75 Å². The average molecular weight is 548 g/mol. The first-order valence-electron chi connectivity index (χ1n) is 13.3. The minimum atomic E-state index is -3.84. The van der Waals surface area contributed by atoms with E-state index in [0.29, 0.717) is 23.5 Å². The highest BCUT2D eigenvalue weighted by molar-refractivity contribution is 7.89. The van der Waals surface area contributed by atoms with E-state index in [1.54, 1.807) is 78.7 Å². The van der Waals surface area contributed by atoms with Crippen molar-refractivity contribution in [3.63, 3.8) is 0 Å². The van der Waals surface area contributed by atoms with E-state index in [9.17, 15) is 18.0 Å². The quantitative estimate of drug-likeness (QED) is 0.435. The van der Waals surface area contributed by atoms with Crippen LogP contribution in [0.4, 0.5) is 11.4 Å². The second-order valence-corrected chi connectivity index (χ2v) is 11.9. The Kier molecular flexibility index (Phi) is 7.99. The van der Waals surface area contributed by atoms with Crippen molar-refractivity contribution in [2.45, 2.75) is 49.5 Å². The van der Waals surface area contributed by atoms with Gasteiger partial charge >= 0.3 is 0 Å². The Labute approximate surface area is 229 Å². The second-order valence-electron chi connectivity index (χ2n) is 9.98. The summed E-state index contributed by atoms with van der Waals surface area (Å²) >= 11 is 0. The number of carbonyl (C=O) groups is 2. The van der Waals surface area contributed by atoms with Gasteiger partial charge in [0.2, 0.25) is 15.9 Å². The van der Waals surface area contributed by atoms with Crippen molar-refractivity contribution >= 4 is 33.2 Å². The molecule has 8 nitrogen and oxygen atoms in total. The van der Waals surface area contributed by atoms with Crippen molar-refractivity contribution in [1.29, 1.82) is 0 Å². The van der Waals surface area contributed by atoms with E-state index in [1.165, 1.54) is 4.31 Å². The van der Waals surface area contributed by atoms with Crippen LogP contribution in [0.15, 0.2) is 77.7 Å². The summed E-state index contributed by atoms with van der Waals surface area (Å²) in [6.07, 6.45) is 5.15. The number of benzene rings is 3. The molecular weight excluding hydrogens is 514 g/mol. The lowest BCUT2D eigenvalue weighted by Gasteiger charge is -2.33. The predicted octanol–water partition coefficient (Wildman–Crippen LogP) is 4.86. The predicted molar refractivity (Wildman–Crippen MR) is 151 cm³/mol. The average Bonchev–Trinajstić information content (AvgIpc) is 3.39. The molecule has 0 spiro atoms. The fraction of sp³-hybridized carbons (Fsp3) is 0.333. The normalized spacial score (nSPS) is 15.7. The van der Waals surface area contributed by atoms with E-state index in [4.69, 9.17) is 4.74 Å². The maximum absolute atomic E-state index is 13.6. The third-order valence-corrected chi connectivity index (χ3v) is 9.39. The molecule has 0 bridgehead atoms. The van der Waals surface area contributed by atoms with Gasteiger partial charge < -0.3 is 15.0 Å². The van der Waals surface area contributed by atoms with E-state index >= 15 is 0 Å². The van der Waals surface area contributed by atoms with Crippen LogP contribution < -0.4 is 15.0 Å². The number of ether oxygens (including phenoxy) is 1. The third kappa shape index (κ3) is 5.84. The zero-order chi connectivity index (χ0) is 27.4. The van der Waals surface area contributed by atoms with Crippen LogP contribution in [0.2, 0.25) is 0 Å². The number of amides is 2. The SMILES string of the molecule is COc1ccc(C(=O)N2CCc3ccc(NC(=O)CN(C4CCCCC4)S(=O)(=O)c4ccccc4)cc32)cc1. The smallest absolute Gasteiger partial charge is 0.258 e. The fourth-order valence-electron chi connectivity index (χ4n) is 5.41. The van der Waals surface area contributed by atoms with Crippen LogP contribution in [0.3, 0.4) is 0 Å². The lowest BCUT2D eigenvalue weighted by molar-refractivity contribution is -0.116. The molecule has 1 saturated carbocycles. The van der Waals surface area contributed by atoms with Gasteiger partial charge in [-0.25, -0.2) is 8.42 Å². The Bertz CT molecular complexity index is 1440. The molecule has 9 heteroatoms. The van der Waals surface area contributed by atoms with Crippen LogP contribution in [-0.2, 0) is 21.2 Å². The molecule has 1 fully saturated rings. The summed E-state index contributed by atoms with van der Waals surface area (Å²) in [5.74, 6) is 0.137. The standard InChI is InChI=1S/C30H33N3O5S/c1-38-26-16-13-23(14-17-26)30(35)32-19-18-22-12-15-24(20-28(22)32)31-29(34)21-33(25-8-4-2-5-9-25)39(36,37)27-10-6-3-7-11-27/h3,6-7,10-17,20,25H,2,4-5,8-9,18-19,21H2,1H3,(H,31,34). The Hall–Kier alpha value is -3.69. The van der Waals surface area contributed by atoms with Crippen molar-refractivity contribution in [3.05, 3.63) is 83.9 Å². The van der Waals surface area contributed by atoms with E-state index in [1.807, 2.05) is 6.07 Å². The van der Waals surface area contributed by atoms with Gasteiger partial charge in [-0.05, 0) is 73.4 Å². The molecule has 0 atom stereocenters. The number of anilines is 2. The summed E-state index contributed by atoms with van der Waals surface area (Å²) in [6.45, 7) is 0.274. The molecule has 2 amide bonds. The first-order chi connectivity index (χ1) is 18.9. The fourth-order valence-corrected chi connectivity index (χ4v) is 7.07. The van der Waals surface area contributed by atoms with Crippen molar-refractivity contribution in [2.75, 3.05) is 30.4 Å². The minimum Gasteiger partial charge on any atom is -0.497 e. The maximum Gasteiger partial charge on any atom is 0.258 e. The molecule has 1 aliphatic heterocycles. The summed E-state index contributed by atoms with van der Waals surface area (Å²) in [7, 11) is -2.26. The summed E-state index contributed by atoms with van der Waals surface area (Å²) in [6, 6.07) is 20.5. The Balaban J connectivity index is 1.34. The van der Waals surface area contributed by atoms with Crippen LogP contribution >= 0.6 is 0 Å². The molecule has 3 aromatic carbocycles. The first-order valence-corrected chi connectivity index (χ1v) is 14.8. The number of sulfonamides is 1. The number of nitrogens with one attached hydrogen (secondary N) is 1. The van der Waals surface area contributed by atoms with Gasteiger partial charge in [0.25, 0.3) is 5.91 Å². The monoisotopic (exact) mass is 547 g/mol. The number of carbonyl (C=O) groups excluding carboxylic acids is 2. The molecule has 0 radical (unpaired) electrons. The van der Waals surface area contributed by atoms with Crippen LogP contribution in [0.5, 0.6) is 5.75 Å². The largest absolute Gasteiger partial charge is 0.497 e. The highest BCUT2D eigenvalue weighted by Crippen LogP contribution is 2.33. The molecule has 39 heavy (non-hydrogen) atoms. The molecule has 3 aromatic rings. The molecule has 1 heterocycles. The molecule has 0 unspecified atom stereocenters. The van der Waals surface area contributed by atoms with E-state index in [2.05, 4.69) is 5.32 Å². The van der Waals surface area contributed by atoms with Gasteiger partial charge in [-0.1, -0.05) is 43.5 Å². The van der Waals surface area contributed by atoms with Crippen LogP contribution in [-0.4, -0.2) is 50.8 Å². The highest BCUT2D eigenvalue weighted by atomic mass is 32.2. The van der Waals surface area contributed by atoms with Crippen LogP contribution in [0.1, 0.15) is 48.0 Å². The van der Waals surface area contributed by atoms with Crippen molar-refractivity contribution < 1.29 is 22.7 Å². The van der Waals surface area contributed by atoms with Gasteiger partial charge in [0.05, 0.1) is 18.6 Å². The van der Waals surface area contributed by atoms with Gasteiger partial charge in [0, 0.05) is 29.5 Å². The van der Waals surface area contributed by atoms with Crippen LogP contribution in [0, 0.1) is 0 Å². The summed E-state index contributed by atoms with van der Waals surface area (Å²) in [4.78, 5) is 28.4. The zero-order valence-electron chi connectivity index (χ0n) is 22.0. The minimum absolute atomic E-state index is 0.127. The Morgan fingerprint density at radius 1 is 0.974 bits per heavy atom. The Morgan fingerprint density at radius 3 is 2.38 bits per heavy atom. The molecule has 204 valence electrons. The van der Waals surface area contributed by atoms with Gasteiger partial charge in [-0.15, -0.1) is 0 Å². The molecule has 1 aliphatic carbocycles. The molecule has 0 aromatic heterocycles. The summed E-state index contributed by atoms with van der Waals surface area (Å²) < 4.78 is 33.7. The van der Waals surface area contributed by atoms with E-state index in [0.717, 1.165) is 49.8 Å². The van der Waals surface area contributed by atoms with Gasteiger partial charge in [-0.2, -0.15) is 4.31 Å². The zero-order valence-corrected chi connectivity index (χ0v) is 22.8. The summed E-state index contributed by atoms with van der Waals surface area (Å²) in [5.41, 5.74) is 2.83. The lowest BCUT2D eigenvalue weighted by atomic mass is 9.95. The number of methoxy groups -OCH3 is 1. The number of hydrogen-bond acceptors (Lipinski definition) is 5. The van der Waals surface area contributed by atoms with Crippen molar-refractivity contribution in [2.24, 2.45) is 0 Å². The first kappa shape index (κ1) is 26.9. The topological polar surface area (TPSA) is 96.0 Å². The number of nitrogens with zero attached hydrogens (tertiary/aromatic N) is 2. The third-order valence-electron chi connectivity index (χ3n) is 7.48. The number of fused-ring (bicyclic) bond motifs is 1. The van der Waals surface area contributed by atoms with Gasteiger partial charge in [-0.3, -0.25) is 9.59 Å². The van der Waals surface area contributed by atoms with Gasteiger partial charge in [0.15, 0.2) is 0 Å². The summed E-state index contributed by atoms with van der Waals surface area (Å²) in [5, 5.41) is 2.88. The van der Waals surface area contributed by atoms with E-state index in [-0.39, 0.29) is 23.4 Å². The Morgan fingerprint density at radius 2 is 1.69 bits per heavy atom. The second kappa shape index (κ2) is 11.6. The molecule has 0 saturated heterocycles. The van der Waals surface area contributed by atoms with Crippen molar-refractivity contribution in [1.82, 2.24) is 4.31 Å². The number of hydrogen-bond donors (Lipinski definition) is 1. The lowest BCUT2D eigenvalue weighted by Crippen LogP contribution is -2.45. The molecule has 2 aliphatic rings. The molecule has 5 rings (SSSR count).